The predicted octanol–water partition coefficient (Wildman–Crippen LogP) is 2.87. The summed E-state index contributed by atoms with van der Waals surface area (Å²) in [7, 11) is -3.93. The summed E-state index contributed by atoms with van der Waals surface area (Å²) in [6, 6.07) is 8.19. The monoisotopic (exact) mass is 428 g/mol. The van der Waals surface area contributed by atoms with Gasteiger partial charge in [-0.15, -0.1) is 0 Å². The minimum absolute atomic E-state index is 0.0160. The first-order chi connectivity index (χ1) is 13.5. The average Bonchev–Trinajstić information content (AvgIpc) is 2.68. The Bertz CT molecular complexity index is 1010. The molecule has 1 amide bonds. The molecule has 0 bridgehead atoms. The number of sulfonamides is 1. The van der Waals surface area contributed by atoms with Crippen molar-refractivity contribution in [3.8, 4) is 5.75 Å². The number of halogens is 3. The average molecular weight is 428 g/mol. The van der Waals surface area contributed by atoms with Gasteiger partial charge in [0.15, 0.2) is 0 Å². The number of aryl methyl sites for hydroxylation is 1. The van der Waals surface area contributed by atoms with Gasteiger partial charge in [-0.1, -0.05) is 6.07 Å². The third kappa shape index (κ3) is 4.38. The molecule has 1 fully saturated rings. The predicted molar refractivity (Wildman–Crippen MR) is 99.0 cm³/mol. The van der Waals surface area contributed by atoms with Crippen LogP contribution in [0.25, 0.3) is 0 Å². The van der Waals surface area contributed by atoms with Gasteiger partial charge in [0, 0.05) is 31.7 Å². The van der Waals surface area contributed by atoms with Gasteiger partial charge in [-0.3, -0.25) is 4.79 Å². The van der Waals surface area contributed by atoms with Crippen molar-refractivity contribution in [3.63, 3.8) is 0 Å². The molecule has 0 saturated carbocycles. The highest BCUT2D eigenvalue weighted by molar-refractivity contribution is 7.89. The van der Waals surface area contributed by atoms with Crippen molar-refractivity contribution in [1.82, 2.24) is 9.21 Å². The summed E-state index contributed by atoms with van der Waals surface area (Å²) in [5, 5.41) is 9.92. The van der Waals surface area contributed by atoms with Crippen LogP contribution in [0, 0.1) is 6.92 Å². The fraction of sp³-hybridized carbons (Fsp3) is 0.316. The number of carbonyl (C=O) groups is 1. The molecule has 156 valence electrons. The number of hydrogen-bond acceptors (Lipinski definition) is 4. The Balaban J connectivity index is 1.70. The summed E-state index contributed by atoms with van der Waals surface area (Å²) in [5.74, 6) is -0.812. The Morgan fingerprint density at radius 1 is 1.00 bits per heavy atom. The van der Waals surface area contributed by atoms with Crippen molar-refractivity contribution in [2.24, 2.45) is 0 Å². The summed E-state index contributed by atoms with van der Waals surface area (Å²) < 4.78 is 64.7. The van der Waals surface area contributed by atoms with Crippen molar-refractivity contribution in [1.29, 1.82) is 0 Å². The van der Waals surface area contributed by atoms with E-state index in [9.17, 15) is 31.5 Å². The Morgan fingerprint density at radius 3 is 2.14 bits per heavy atom. The quantitative estimate of drug-likeness (QED) is 0.816. The number of phenolic OH excluding ortho intramolecular Hbond substituents is 1. The van der Waals surface area contributed by atoms with Gasteiger partial charge in [-0.25, -0.2) is 8.42 Å². The maximum Gasteiger partial charge on any atom is 0.416 e. The van der Waals surface area contributed by atoms with E-state index in [1.165, 1.54) is 21.3 Å². The maximum atomic E-state index is 12.8. The molecule has 0 atom stereocenters. The zero-order valence-corrected chi connectivity index (χ0v) is 16.3. The molecule has 1 aliphatic rings. The molecule has 0 aromatic heterocycles. The van der Waals surface area contributed by atoms with Gasteiger partial charge >= 0.3 is 6.18 Å². The molecule has 0 aliphatic carbocycles. The van der Waals surface area contributed by atoms with Crippen molar-refractivity contribution >= 4 is 15.9 Å². The molecule has 1 N–H and O–H groups in total. The first-order valence-corrected chi connectivity index (χ1v) is 10.2. The topological polar surface area (TPSA) is 77.9 Å². The van der Waals surface area contributed by atoms with Crippen LogP contribution in [0.1, 0.15) is 21.5 Å². The number of rotatable bonds is 3. The summed E-state index contributed by atoms with van der Waals surface area (Å²) in [4.78, 5) is 13.7. The Morgan fingerprint density at radius 2 is 1.59 bits per heavy atom. The fourth-order valence-electron chi connectivity index (χ4n) is 3.08. The van der Waals surface area contributed by atoms with Crippen LogP contribution >= 0.6 is 0 Å². The van der Waals surface area contributed by atoms with Crippen LogP contribution < -0.4 is 0 Å². The highest BCUT2D eigenvalue weighted by Crippen LogP contribution is 2.30. The first kappa shape index (κ1) is 21.1. The van der Waals surface area contributed by atoms with Crippen LogP contribution in [0.2, 0.25) is 0 Å². The second-order valence-electron chi connectivity index (χ2n) is 6.74. The van der Waals surface area contributed by atoms with Crippen LogP contribution in [0.15, 0.2) is 47.4 Å². The van der Waals surface area contributed by atoms with Gasteiger partial charge < -0.3 is 10.0 Å². The van der Waals surface area contributed by atoms with Crippen molar-refractivity contribution in [2.75, 3.05) is 26.2 Å². The Hall–Kier alpha value is -2.59. The lowest BCUT2D eigenvalue weighted by Crippen LogP contribution is -2.50. The van der Waals surface area contributed by atoms with E-state index in [0.717, 1.165) is 24.3 Å². The van der Waals surface area contributed by atoms with Crippen LogP contribution in [-0.2, 0) is 16.2 Å². The summed E-state index contributed by atoms with van der Waals surface area (Å²) in [5.41, 5.74) is -0.0638. The van der Waals surface area contributed by atoms with E-state index >= 15 is 0 Å². The van der Waals surface area contributed by atoms with E-state index < -0.39 is 27.7 Å². The third-order valence-electron chi connectivity index (χ3n) is 4.72. The first-order valence-electron chi connectivity index (χ1n) is 8.76. The number of amides is 1. The molecular formula is C19H19F3N2O4S. The van der Waals surface area contributed by atoms with Crippen LogP contribution in [0.3, 0.4) is 0 Å². The smallest absolute Gasteiger partial charge is 0.416 e. The molecule has 6 nitrogen and oxygen atoms in total. The molecule has 1 aliphatic heterocycles. The second kappa shape index (κ2) is 7.68. The number of piperazine rings is 1. The van der Waals surface area contributed by atoms with E-state index in [1.807, 2.05) is 0 Å². The van der Waals surface area contributed by atoms with Crippen LogP contribution in [-0.4, -0.2) is 54.8 Å². The van der Waals surface area contributed by atoms with E-state index in [-0.39, 0.29) is 42.4 Å². The molecule has 10 heteroatoms. The number of carbonyl (C=O) groups excluding carboxylic acids is 1. The molecule has 0 spiro atoms. The number of nitrogens with zero attached hydrogens (tertiary/aromatic N) is 2. The van der Waals surface area contributed by atoms with E-state index in [4.69, 9.17) is 0 Å². The Labute approximate surface area is 166 Å². The number of hydrogen-bond donors (Lipinski definition) is 1. The number of aromatic hydroxyl groups is 1. The van der Waals surface area contributed by atoms with Gasteiger partial charge in [-0.2, -0.15) is 17.5 Å². The lowest BCUT2D eigenvalue weighted by Gasteiger charge is -2.34. The van der Waals surface area contributed by atoms with E-state index in [1.54, 1.807) is 13.0 Å². The molecule has 0 radical (unpaired) electrons. The summed E-state index contributed by atoms with van der Waals surface area (Å²) in [6.07, 6.45) is -4.48. The molecule has 29 heavy (non-hydrogen) atoms. The molecule has 2 aromatic rings. The minimum atomic E-state index is -4.48. The molecule has 1 heterocycles. The number of phenols is 1. The lowest BCUT2D eigenvalue weighted by atomic mass is 10.1. The minimum Gasteiger partial charge on any atom is -0.507 e. The molecule has 2 aromatic carbocycles. The third-order valence-corrected chi connectivity index (χ3v) is 6.65. The zero-order chi connectivity index (χ0) is 21.4. The van der Waals surface area contributed by atoms with Gasteiger partial charge in [-0.05, 0) is 48.9 Å². The highest BCUT2D eigenvalue weighted by atomic mass is 32.2. The van der Waals surface area contributed by atoms with Crippen molar-refractivity contribution in [3.05, 3.63) is 59.2 Å². The fourth-order valence-corrected chi connectivity index (χ4v) is 4.67. The lowest BCUT2D eigenvalue weighted by molar-refractivity contribution is -0.137. The summed E-state index contributed by atoms with van der Waals surface area (Å²) in [6.45, 7) is 1.92. The molecule has 0 unspecified atom stereocenters. The van der Waals surface area contributed by atoms with Gasteiger partial charge in [0.25, 0.3) is 5.91 Å². The second-order valence-corrected chi connectivity index (χ2v) is 8.65. The maximum absolute atomic E-state index is 12.8. The zero-order valence-electron chi connectivity index (χ0n) is 15.5. The molecule has 3 rings (SSSR count). The largest absolute Gasteiger partial charge is 0.507 e. The van der Waals surface area contributed by atoms with E-state index in [2.05, 4.69) is 0 Å². The van der Waals surface area contributed by atoms with Crippen LogP contribution in [0.4, 0.5) is 13.2 Å². The Kier molecular flexibility index (Phi) is 5.59. The van der Waals surface area contributed by atoms with Gasteiger partial charge in [0.05, 0.1) is 5.56 Å². The van der Waals surface area contributed by atoms with Gasteiger partial charge in [0.2, 0.25) is 10.0 Å². The highest BCUT2D eigenvalue weighted by Gasteiger charge is 2.33. The normalized spacial score (nSPS) is 16.1. The van der Waals surface area contributed by atoms with Crippen LogP contribution in [0.5, 0.6) is 5.75 Å². The van der Waals surface area contributed by atoms with Gasteiger partial charge in [0.1, 0.15) is 10.6 Å². The van der Waals surface area contributed by atoms with Crippen molar-refractivity contribution < 1.29 is 31.5 Å². The SMILES string of the molecule is Cc1ccc(O)c(S(=O)(=O)N2CCN(C(=O)c3ccc(C(F)(F)F)cc3)CC2)c1. The summed E-state index contributed by atoms with van der Waals surface area (Å²) >= 11 is 0. The molecular weight excluding hydrogens is 409 g/mol. The number of benzene rings is 2. The standard InChI is InChI=1S/C19H19F3N2O4S/c1-13-2-7-16(25)17(12-13)29(27,28)24-10-8-23(9-11-24)18(26)14-3-5-15(6-4-14)19(20,21)22/h2-7,12,25H,8-11H2,1H3. The number of alkyl halides is 3. The van der Waals surface area contributed by atoms with Crippen molar-refractivity contribution in [2.45, 2.75) is 18.0 Å². The van der Waals surface area contributed by atoms with E-state index in [0.29, 0.717) is 5.56 Å². The molecule has 1 saturated heterocycles.